The normalized spacial score (nSPS) is 20.4. The van der Waals surface area contributed by atoms with E-state index in [9.17, 15) is 9.18 Å². The highest BCUT2D eigenvalue weighted by atomic mass is 19.1. The zero-order valence-electron chi connectivity index (χ0n) is 22.4. The fourth-order valence-electron chi connectivity index (χ4n) is 5.56. The molecule has 3 N–H and O–H groups in total. The van der Waals surface area contributed by atoms with Crippen molar-refractivity contribution >= 4 is 22.6 Å². The van der Waals surface area contributed by atoms with Crippen molar-refractivity contribution in [2.24, 2.45) is 0 Å². The molecular formula is C28H35F2N5O3. The Morgan fingerprint density at radius 3 is 2.37 bits per heavy atom. The Hall–Kier alpha value is -3.53. The lowest BCUT2D eigenvalue weighted by Gasteiger charge is -2.43. The topological polar surface area (TPSA) is 103 Å². The van der Waals surface area contributed by atoms with Crippen LogP contribution in [0, 0.1) is 11.6 Å². The van der Waals surface area contributed by atoms with Crippen molar-refractivity contribution in [3.05, 3.63) is 53.4 Å². The molecule has 1 aliphatic rings. The van der Waals surface area contributed by atoms with E-state index >= 15 is 4.39 Å². The Kier molecular flexibility index (Phi) is 8.30. The highest BCUT2D eigenvalue weighted by Crippen LogP contribution is 2.40. The summed E-state index contributed by atoms with van der Waals surface area (Å²) in [6.45, 7) is 6.65. The van der Waals surface area contributed by atoms with Gasteiger partial charge in [0.2, 0.25) is 5.91 Å². The third kappa shape index (κ3) is 5.36. The third-order valence-electron chi connectivity index (χ3n) is 7.28. The molecule has 2 aromatic carbocycles. The van der Waals surface area contributed by atoms with Crippen LogP contribution in [0.25, 0.3) is 10.9 Å². The SMILES string of the molecule is CCN[C@H](CC(=O)N1C(C)CC(c2nc(N)c3cc(OC)c(OC)c(F)c3n2)CC1C)c1ccc(F)cc1. The molecule has 1 fully saturated rings. The Balaban J connectivity index is 1.56. The first-order valence-corrected chi connectivity index (χ1v) is 12.9. The van der Waals surface area contributed by atoms with Crippen molar-refractivity contribution in [3.8, 4) is 11.5 Å². The maximum Gasteiger partial charge on any atom is 0.224 e. The van der Waals surface area contributed by atoms with Crippen LogP contribution in [0.3, 0.4) is 0 Å². The fourth-order valence-corrected chi connectivity index (χ4v) is 5.56. The number of anilines is 1. The van der Waals surface area contributed by atoms with Crippen molar-refractivity contribution in [3.63, 3.8) is 0 Å². The number of ether oxygens (including phenoxy) is 2. The number of rotatable bonds is 8. The second-order valence-corrected chi connectivity index (χ2v) is 9.82. The highest BCUT2D eigenvalue weighted by Gasteiger charge is 2.37. The molecule has 2 heterocycles. The molecule has 4 rings (SSSR count). The van der Waals surface area contributed by atoms with E-state index in [4.69, 9.17) is 15.2 Å². The zero-order chi connectivity index (χ0) is 27.6. The predicted octanol–water partition coefficient (Wildman–Crippen LogP) is 4.73. The van der Waals surface area contributed by atoms with Gasteiger partial charge in [-0.15, -0.1) is 0 Å². The third-order valence-corrected chi connectivity index (χ3v) is 7.28. The lowest BCUT2D eigenvalue weighted by molar-refractivity contribution is -0.138. The Bertz CT molecular complexity index is 1290. The second kappa shape index (κ2) is 11.5. The molecule has 10 heteroatoms. The molecule has 38 heavy (non-hydrogen) atoms. The minimum absolute atomic E-state index is 0.0144. The van der Waals surface area contributed by atoms with Crippen molar-refractivity contribution in [2.75, 3.05) is 26.5 Å². The largest absolute Gasteiger partial charge is 0.493 e. The number of likely N-dealkylation sites (tertiary alicyclic amines) is 1. The van der Waals surface area contributed by atoms with Gasteiger partial charge in [-0.1, -0.05) is 19.1 Å². The van der Waals surface area contributed by atoms with Crippen molar-refractivity contribution in [2.45, 2.75) is 64.1 Å². The minimum Gasteiger partial charge on any atom is -0.493 e. The van der Waals surface area contributed by atoms with Crippen LogP contribution in [0.2, 0.25) is 0 Å². The molecule has 204 valence electrons. The monoisotopic (exact) mass is 527 g/mol. The maximum atomic E-state index is 15.3. The van der Waals surface area contributed by atoms with Gasteiger partial charge in [0.1, 0.15) is 23.0 Å². The number of hydrogen-bond donors (Lipinski definition) is 2. The number of carbonyl (C=O) groups excluding carboxylic acids is 1. The summed E-state index contributed by atoms with van der Waals surface area (Å²) in [5, 5.41) is 3.69. The van der Waals surface area contributed by atoms with E-state index in [1.807, 2.05) is 25.7 Å². The molecule has 2 unspecified atom stereocenters. The number of methoxy groups -OCH3 is 2. The maximum absolute atomic E-state index is 15.3. The van der Waals surface area contributed by atoms with Crippen LogP contribution in [0.15, 0.2) is 30.3 Å². The molecule has 8 nitrogen and oxygen atoms in total. The summed E-state index contributed by atoms with van der Waals surface area (Å²) < 4.78 is 39.1. The minimum atomic E-state index is -0.652. The lowest BCUT2D eigenvalue weighted by Crippen LogP contribution is -2.50. The molecule has 1 aliphatic heterocycles. The van der Waals surface area contributed by atoms with Crippen LogP contribution >= 0.6 is 0 Å². The zero-order valence-corrected chi connectivity index (χ0v) is 22.4. The summed E-state index contributed by atoms with van der Waals surface area (Å²) in [7, 11) is 2.79. The number of nitrogen functional groups attached to an aromatic ring is 1. The molecule has 0 aliphatic carbocycles. The van der Waals surface area contributed by atoms with Gasteiger partial charge >= 0.3 is 0 Å². The van der Waals surface area contributed by atoms with Gasteiger partial charge in [0.25, 0.3) is 0 Å². The number of fused-ring (bicyclic) bond motifs is 1. The van der Waals surface area contributed by atoms with E-state index in [1.165, 1.54) is 26.4 Å². The van der Waals surface area contributed by atoms with Gasteiger partial charge in [0.15, 0.2) is 17.3 Å². The van der Waals surface area contributed by atoms with E-state index in [2.05, 4.69) is 15.3 Å². The molecule has 0 bridgehead atoms. The number of piperidine rings is 1. The van der Waals surface area contributed by atoms with E-state index < -0.39 is 5.82 Å². The van der Waals surface area contributed by atoms with Crippen LogP contribution in [-0.2, 0) is 4.79 Å². The first-order chi connectivity index (χ1) is 18.2. The number of aromatic nitrogens is 2. The number of amides is 1. The van der Waals surface area contributed by atoms with E-state index in [0.29, 0.717) is 30.6 Å². The molecule has 3 aromatic rings. The van der Waals surface area contributed by atoms with Gasteiger partial charge in [-0.25, -0.2) is 18.7 Å². The number of nitrogens with two attached hydrogens (primary N) is 1. The summed E-state index contributed by atoms with van der Waals surface area (Å²) in [6, 6.07) is 7.40. The van der Waals surface area contributed by atoms with Gasteiger partial charge in [0.05, 0.1) is 14.2 Å². The van der Waals surface area contributed by atoms with Crippen molar-refractivity contribution in [1.29, 1.82) is 0 Å². The average molecular weight is 528 g/mol. The van der Waals surface area contributed by atoms with Gasteiger partial charge in [-0.05, 0) is 57.0 Å². The smallest absolute Gasteiger partial charge is 0.224 e. The number of benzene rings is 2. The number of nitrogens with one attached hydrogen (secondary N) is 1. The molecule has 0 spiro atoms. The predicted molar refractivity (Wildman–Crippen MR) is 142 cm³/mol. The summed E-state index contributed by atoms with van der Waals surface area (Å²) in [5.41, 5.74) is 7.18. The highest BCUT2D eigenvalue weighted by molar-refractivity contribution is 5.91. The number of nitrogens with zero attached hydrogens (tertiary/aromatic N) is 3. The fraction of sp³-hybridized carbons (Fsp3) is 0.464. The first-order valence-electron chi connectivity index (χ1n) is 12.9. The van der Waals surface area contributed by atoms with Crippen LogP contribution in [0.1, 0.15) is 63.4 Å². The standard InChI is InChI=1S/C28H35F2N5O3/c1-6-32-21(17-7-9-19(29)10-8-17)14-23(36)35-15(2)11-18(12-16(35)3)28-33-25-20(27(31)34-28)13-22(37-4)26(38-5)24(25)30/h7-10,13,15-16,18,21,32H,6,11-12,14H2,1-5H3,(H2,31,33,34)/t15?,16?,18?,21-/m1/s1. The van der Waals surface area contributed by atoms with E-state index in [-0.39, 0.29) is 65.0 Å². The van der Waals surface area contributed by atoms with E-state index in [1.54, 1.807) is 18.2 Å². The second-order valence-electron chi connectivity index (χ2n) is 9.82. The number of carbonyl (C=O) groups is 1. The molecule has 1 aromatic heterocycles. The first kappa shape index (κ1) is 27.5. The molecular weight excluding hydrogens is 492 g/mol. The van der Waals surface area contributed by atoms with Crippen LogP contribution < -0.4 is 20.5 Å². The number of halogens is 2. The quantitative estimate of drug-likeness (QED) is 0.437. The van der Waals surface area contributed by atoms with Gasteiger partial charge in [0, 0.05) is 35.9 Å². The van der Waals surface area contributed by atoms with E-state index in [0.717, 1.165) is 5.56 Å². The van der Waals surface area contributed by atoms with Crippen molar-refractivity contribution < 1.29 is 23.0 Å². The molecule has 1 amide bonds. The molecule has 0 saturated carbocycles. The van der Waals surface area contributed by atoms with Crippen LogP contribution in [-0.4, -0.2) is 53.6 Å². The molecule has 3 atom stereocenters. The Labute approximate surface area is 221 Å². The van der Waals surface area contributed by atoms with Gasteiger partial charge < -0.3 is 25.4 Å². The van der Waals surface area contributed by atoms with Crippen LogP contribution in [0.5, 0.6) is 11.5 Å². The molecule has 1 saturated heterocycles. The summed E-state index contributed by atoms with van der Waals surface area (Å²) in [5.74, 6) is -0.269. The van der Waals surface area contributed by atoms with Crippen LogP contribution in [0.4, 0.5) is 14.6 Å². The summed E-state index contributed by atoms with van der Waals surface area (Å²) >= 11 is 0. The summed E-state index contributed by atoms with van der Waals surface area (Å²) in [4.78, 5) is 24.5. The Morgan fingerprint density at radius 1 is 1.13 bits per heavy atom. The Morgan fingerprint density at radius 2 is 1.79 bits per heavy atom. The summed E-state index contributed by atoms with van der Waals surface area (Å²) in [6.07, 6.45) is 1.47. The average Bonchev–Trinajstić information content (AvgIpc) is 2.88. The van der Waals surface area contributed by atoms with Gasteiger partial charge in [-0.2, -0.15) is 0 Å². The van der Waals surface area contributed by atoms with Gasteiger partial charge in [-0.3, -0.25) is 4.79 Å². The molecule has 0 radical (unpaired) electrons. The number of hydrogen-bond acceptors (Lipinski definition) is 7. The van der Waals surface area contributed by atoms with Crippen molar-refractivity contribution in [1.82, 2.24) is 20.2 Å². The lowest BCUT2D eigenvalue weighted by atomic mass is 9.85.